The Balaban J connectivity index is 2.96. The molecule has 0 saturated carbocycles. The Morgan fingerprint density at radius 3 is 2.38 bits per heavy atom. The molecule has 1 aromatic heterocycles. The second-order valence-electron chi connectivity index (χ2n) is 4.43. The van der Waals surface area contributed by atoms with E-state index in [1.165, 1.54) is 6.07 Å². The number of amides is 1. The first-order valence-electron chi connectivity index (χ1n) is 4.80. The first-order chi connectivity index (χ1) is 7.20. The molecule has 0 aliphatic carbocycles. The van der Waals surface area contributed by atoms with E-state index in [4.69, 9.17) is 10.5 Å². The van der Waals surface area contributed by atoms with E-state index in [0.29, 0.717) is 5.69 Å². The number of aromatic nitrogens is 2. The van der Waals surface area contributed by atoms with E-state index in [1.807, 2.05) is 0 Å². The van der Waals surface area contributed by atoms with Gasteiger partial charge in [-0.15, -0.1) is 0 Å². The van der Waals surface area contributed by atoms with Gasteiger partial charge in [0.25, 0.3) is 5.91 Å². The van der Waals surface area contributed by atoms with Gasteiger partial charge in [0.1, 0.15) is 5.60 Å². The molecule has 0 bridgehead atoms. The minimum absolute atomic E-state index is 0.0448. The van der Waals surface area contributed by atoms with Crippen molar-refractivity contribution in [2.75, 3.05) is 0 Å². The van der Waals surface area contributed by atoms with Crippen molar-refractivity contribution in [1.82, 2.24) is 9.78 Å². The minimum Gasteiger partial charge on any atom is -0.442 e. The van der Waals surface area contributed by atoms with Gasteiger partial charge in [-0.1, -0.05) is 0 Å². The summed E-state index contributed by atoms with van der Waals surface area (Å²) >= 11 is 0. The average Bonchev–Trinajstić information content (AvgIpc) is 2.44. The van der Waals surface area contributed by atoms with E-state index in [2.05, 4.69) is 5.10 Å². The largest absolute Gasteiger partial charge is 0.442 e. The monoisotopic (exact) mass is 225 g/mol. The van der Waals surface area contributed by atoms with Crippen molar-refractivity contribution in [1.29, 1.82) is 0 Å². The van der Waals surface area contributed by atoms with Gasteiger partial charge >= 0.3 is 6.09 Å². The van der Waals surface area contributed by atoms with Crippen molar-refractivity contribution in [2.45, 2.75) is 33.3 Å². The lowest BCUT2D eigenvalue weighted by Crippen LogP contribution is -2.28. The molecule has 16 heavy (non-hydrogen) atoms. The van der Waals surface area contributed by atoms with Crippen LogP contribution in [0.3, 0.4) is 0 Å². The Morgan fingerprint density at radius 2 is 2.00 bits per heavy atom. The molecule has 6 nitrogen and oxygen atoms in total. The van der Waals surface area contributed by atoms with Crippen molar-refractivity contribution in [2.24, 2.45) is 5.73 Å². The average molecular weight is 225 g/mol. The molecule has 0 spiro atoms. The van der Waals surface area contributed by atoms with Crippen LogP contribution in [0.1, 0.15) is 37.0 Å². The van der Waals surface area contributed by atoms with E-state index in [-0.39, 0.29) is 5.69 Å². The number of nitrogens with zero attached hydrogens (tertiary/aromatic N) is 2. The van der Waals surface area contributed by atoms with Crippen molar-refractivity contribution in [3.8, 4) is 0 Å². The molecule has 1 aromatic rings. The van der Waals surface area contributed by atoms with Crippen LogP contribution in [0.2, 0.25) is 0 Å². The van der Waals surface area contributed by atoms with E-state index in [1.54, 1.807) is 27.7 Å². The van der Waals surface area contributed by atoms with Crippen LogP contribution in [0, 0.1) is 6.92 Å². The van der Waals surface area contributed by atoms with Crippen LogP contribution in [-0.4, -0.2) is 27.4 Å². The molecular formula is C10H15N3O3. The maximum Gasteiger partial charge on any atom is 0.435 e. The zero-order chi connectivity index (χ0) is 12.5. The second kappa shape index (κ2) is 3.96. The van der Waals surface area contributed by atoms with Crippen LogP contribution in [0.25, 0.3) is 0 Å². The van der Waals surface area contributed by atoms with Gasteiger partial charge in [0.2, 0.25) is 0 Å². The molecule has 0 aliphatic rings. The summed E-state index contributed by atoms with van der Waals surface area (Å²) in [5.74, 6) is -0.676. The molecule has 0 unspecified atom stereocenters. The normalized spacial score (nSPS) is 11.2. The smallest absolute Gasteiger partial charge is 0.435 e. The van der Waals surface area contributed by atoms with Gasteiger partial charge in [-0.05, 0) is 33.8 Å². The summed E-state index contributed by atoms with van der Waals surface area (Å²) in [6.45, 7) is 6.89. The van der Waals surface area contributed by atoms with Gasteiger partial charge in [0, 0.05) is 5.69 Å². The maximum absolute atomic E-state index is 11.6. The summed E-state index contributed by atoms with van der Waals surface area (Å²) in [5, 5.41) is 3.76. The van der Waals surface area contributed by atoms with Crippen LogP contribution in [0.5, 0.6) is 0 Å². The number of hydrogen-bond donors (Lipinski definition) is 1. The number of nitrogens with two attached hydrogens (primary N) is 1. The predicted molar refractivity (Wildman–Crippen MR) is 57.1 cm³/mol. The van der Waals surface area contributed by atoms with Gasteiger partial charge in [0.05, 0.1) is 0 Å². The maximum atomic E-state index is 11.6. The highest BCUT2D eigenvalue weighted by molar-refractivity contribution is 5.91. The molecule has 2 N–H and O–H groups in total. The number of aryl methyl sites for hydroxylation is 1. The molecular weight excluding hydrogens is 210 g/mol. The molecule has 0 fully saturated rings. The third-order valence-corrected chi connectivity index (χ3v) is 1.71. The fraction of sp³-hybridized carbons (Fsp3) is 0.500. The van der Waals surface area contributed by atoms with Crippen LogP contribution in [-0.2, 0) is 4.74 Å². The van der Waals surface area contributed by atoms with Gasteiger partial charge in [-0.2, -0.15) is 9.78 Å². The van der Waals surface area contributed by atoms with Gasteiger partial charge < -0.3 is 10.5 Å². The van der Waals surface area contributed by atoms with Gasteiger partial charge in [-0.25, -0.2) is 4.79 Å². The first kappa shape index (κ1) is 12.2. The van der Waals surface area contributed by atoms with Gasteiger partial charge in [-0.3, -0.25) is 4.79 Å². The quantitative estimate of drug-likeness (QED) is 0.774. The molecule has 1 amide bonds. The molecule has 1 rings (SSSR count). The van der Waals surface area contributed by atoms with Crippen molar-refractivity contribution >= 4 is 12.0 Å². The Hall–Kier alpha value is -1.85. The third-order valence-electron chi connectivity index (χ3n) is 1.71. The Kier molecular flexibility index (Phi) is 3.02. The lowest BCUT2D eigenvalue weighted by Gasteiger charge is -2.19. The van der Waals surface area contributed by atoms with E-state index in [0.717, 1.165) is 4.68 Å². The van der Waals surface area contributed by atoms with Crippen LogP contribution in [0.4, 0.5) is 4.79 Å². The lowest BCUT2D eigenvalue weighted by molar-refractivity contribution is 0.0511. The highest BCUT2D eigenvalue weighted by atomic mass is 16.6. The molecule has 0 radical (unpaired) electrons. The summed E-state index contributed by atoms with van der Waals surface area (Å²) in [6, 6.07) is 1.44. The molecule has 0 aliphatic heterocycles. The standard InChI is InChI=1S/C10H15N3O3/c1-6-5-7(8(11)14)12-13(6)9(15)16-10(2,3)4/h5H,1-4H3,(H2,11,14). The number of primary amides is 1. The second-order valence-corrected chi connectivity index (χ2v) is 4.43. The SMILES string of the molecule is Cc1cc(C(N)=O)nn1C(=O)OC(C)(C)C. The molecule has 1 heterocycles. The van der Waals surface area contributed by atoms with Gasteiger partial charge in [0.15, 0.2) is 5.69 Å². The third kappa shape index (κ3) is 2.82. The lowest BCUT2D eigenvalue weighted by atomic mass is 10.2. The summed E-state index contributed by atoms with van der Waals surface area (Å²) < 4.78 is 6.13. The van der Waals surface area contributed by atoms with Crippen LogP contribution >= 0.6 is 0 Å². The van der Waals surface area contributed by atoms with Crippen molar-refractivity contribution < 1.29 is 14.3 Å². The molecule has 0 saturated heterocycles. The molecule has 6 heteroatoms. The number of hydrogen-bond acceptors (Lipinski definition) is 4. The summed E-state index contributed by atoms with van der Waals surface area (Å²) in [6.07, 6.45) is -0.627. The number of rotatable bonds is 1. The predicted octanol–water partition coefficient (Wildman–Crippen LogP) is 1.07. The number of ether oxygens (including phenoxy) is 1. The fourth-order valence-electron chi connectivity index (χ4n) is 1.08. The fourth-order valence-corrected chi connectivity index (χ4v) is 1.08. The van der Waals surface area contributed by atoms with Crippen LogP contribution in [0.15, 0.2) is 6.07 Å². The number of carbonyl (C=O) groups is 2. The first-order valence-corrected chi connectivity index (χ1v) is 4.80. The van der Waals surface area contributed by atoms with Crippen LogP contribution < -0.4 is 5.73 Å². The summed E-state index contributed by atoms with van der Waals surface area (Å²) in [4.78, 5) is 22.5. The summed E-state index contributed by atoms with van der Waals surface area (Å²) in [5.41, 5.74) is 5.00. The molecule has 88 valence electrons. The Morgan fingerprint density at radius 1 is 1.44 bits per heavy atom. The zero-order valence-corrected chi connectivity index (χ0v) is 9.77. The zero-order valence-electron chi connectivity index (χ0n) is 9.77. The highest BCUT2D eigenvalue weighted by Gasteiger charge is 2.21. The Labute approximate surface area is 93.4 Å². The molecule has 0 aromatic carbocycles. The molecule has 0 atom stereocenters. The van der Waals surface area contributed by atoms with Crippen molar-refractivity contribution in [3.63, 3.8) is 0 Å². The highest BCUT2D eigenvalue weighted by Crippen LogP contribution is 2.10. The minimum atomic E-state index is -0.676. The Bertz CT molecular complexity index is 429. The summed E-state index contributed by atoms with van der Waals surface area (Å²) in [7, 11) is 0. The van der Waals surface area contributed by atoms with E-state index in [9.17, 15) is 9.59 Å². The topological polar surface area (TPSA) is 87.2 Å². The number of carbonyl (C=O) groups excluding carboxylic acids is 2. The van der Waals surface area contributed by atoms with Crippen molar-refractivity contribution in [3.05, 3.63) is 17.5 Å². The van der Waals surface area contributed by atoms with E-state index >= 15 is 0 Å². The van der Waals surface area contributed by atoms with E-state index < -0.39 is 17.6 Å².